The molecule has 7 heteroatoms. The van der Waals surface area contributed by atoms with E-state index in [4.69, 9.17) is 4.42 Å². The molecule has 4 rings (SSSR count). The van der Waals surface area contributed by atoms with Gasteiger partial charge in [-0.05, 0) is 32.9 Å². The summed E-state index contributed by atoms with van der Waals surface area (Å²) < 4.78 is 5.56. The first-order valence-corrected chi connectivity index (χ1v) is 10.1. The van der Waals surface area contributed by atoms with Crippen molar-refractivity contribution in [2.75, 3.05) is 13.1 Å². The fourth-order valence-corrected chi connectivity index (χ4v) is 4.04. The number of nitrogens with zero attached hydrogens (tertiary/aromatic N) is 2. The lowest BCUT2D eigenvalue weighted by molar-refractivity contribution is 0.0934. The van der Waals surface area contributed by atoms with Gasteiger partial charge in [0, 0.05) is 16.9 Å². The number of carbonyl (C=O) groups is 1. The molecule has 2 N–H and O–H groups in total. The van der Waals surface area contributed by atoms with E-state index in [1.165, 1.54) is 6.26 Å². The van der Waals surface area contributed by atoms with Gasteiger partial charge in [-0.2, -0.15) is 0 Å². The Morgan fingerprint density at radius 1 is 1.26 bits per heavy atom. The molecule has 1 unspecified atom stereocenters. The van der Waals surface area contributed by atoms with Crippen LogP contribution in [0.3, 0.4) is 0 Å². The largest absolute Gasteiger partial charge is 0.448 e. The number of carbonyl (C=O) groups excluding carboxylic acids is 1. The number of hydrogen-bond donors (Lipinski definition) is 2. The van der Waals surface area contributed by atoms with E-state index in [1.54, 1.807) is 11.3 Å². The van der Waals surface area contributed by atoms with Crippen molar-refractivity contribution >= 4 is 17.2 Å². The minimum atomic E-state index is -0.233. The Hall–Kier alpha value is -2.51. The van der Waals surface area contributed by atoms with E-state index in [2.05, 4.69) is 20.6 Å². The van der Waals surface area contributed by atoms with Gasteiger partial charge in [0.25, 0.3) is 5.91 Å². The van der Waals surface area contributed by atoms with Crippen molar-refractivity contribution in [3.05, 3.63) is 58.6 Å². The standard InChI is InChI=1S/C20H22N4O2S/c1-13(20-24-17(12-27-20)14-5-3-2-4-6-14)22-18(25)16-11-26-19(23-16)15-7-9-21-10-8-15/h2-6,11-13,15,21H,7-10H2,1H3,(H,22,25). The molecular weight excluding hydrogens is 360 g/mol. The van der Waals surface area contributed by atoms with Gasteiger partial charge in [0.2, 0.25) is 0 Å². The molecule has 140 valence electrons. The summed E-state index contributed by atoms with van der Waals surface area (Å²) in [5.74, 6) is 0.718. The Labute approximate surface area is 162 Å². The van der Waals surface area contributed by atoms with E-state index in [0.29, 0.717) is 11.6 Å². The third-order valence-corrected chi connectivity index (χ3v) is 5.78. The van der Waals surface area contributed by atoms with E-state index in [9.17, 15) is 4.79 Å². The summed E-state index contributed by atoms with van der Waals surface area (Å²) in [6.07, 6.45) is 3.43. The minimum Gasteiger partial charge on any atom is -0.448 e. The molecule has 1 atom stereocenters. The van der Waals surface area contributed by atoms with Gasteiger partial charge < -0.3 is 15.1 Å². The van der Waals surface area contributed by atoms with Crippen LogP contribution in [0.5, 0.6) is 0 Å². The number of hydrogen-bond acceptors (Lipinski definition) is 6. The van der Waals surface area contributed by atoms with Crippen LogP contribution in [0.25, 0.3) is 11.3 Å². The Balaban J connectivity index is 1.41. The second-order valence-electron chi connectivity index (χ2n) is 6.73. The number of thiazole rings is 1. The highest BCUT2D eigenvalue weighted by molar-refractivity contribution is 7.10. The molecule has 3 heterocycles. The summed E-state index contributed by atoms with van der Waals surface area (Å²) in [6, 6.07) is 9.82. The molecule has 1 fully saturated rings. The zero-order chi connectivity index (χ0) is 18.6. The maximum absolute atomic E-state index is 12.5. The first kappa shape index (κ1) is 17.9. The van der Waals surface area contributed by atoms with Crippen LogP contribution in [0, 0.1) is 0 Å². The van der Waals surface area contributed by atoms with Crippen LogP contribution in [0.1, 0.15) is 53.1 Å². The predicted molar refractivity (Wildman–Crippen MR) is 105 cm³/mol. The molecule has 3 aromatic rings. The van der Waals surface area contributed by atoms with Crippen molar-refractivity contribution in [1.29, 1.82) is 0 Å². The number of aromatic nitrogens is 2. The van der Waals surface area contributed by atoms with Crippen molar-refractivity contribution in [1.82, 2.24) is 20.6 Å². The Kier molecular flexibility index (Phi) is 5.31. The Morgan fingerprint density at radius 2 is 2.04 bits per heavy atom. The first-order valence-electron chi connectivity index (χ1n) is 9.18. The van der Waals surface area contributed by atoms with E-state index in [-0.39, 0.29) is 17.9 Å². The number of piperidine rings is 1. The van der Waals surface area contributed by atoms with Crippen molar-refractivity contribution in [2.24, 2.45) is 0 Å². The van der Waals surface area contributed by atoms with Crippen LogP contribution in [-0.2, 0) is 0 Å². The highest BCUT2D eigenvalue weighted by Crippen LogP contribution is 2.26. The van der Waals surface area contributed by atoms with Gasteiger partial charge in [-0.1, -0.05) is 30.3 Å². The molecule has 0 spiro atoms. The topological polar surface area (TPSA) is 80.0 Å². The zero-order valence-electron chi connectivity index (χ0n) is 15.1. The highest BCUT2D eigenvalue weighted by Gasteiger charge is 2.23. The van der Waals surface area contributed by atoms with E-state index in [1.807, 2.05) is 42.6 Å². The molecule has 2 aromatic heterocycles. The summed E-state index contributed by atoms with van der Waals surface area (Å²) >= 11 is 1.54. The molecule has 1 saturated heterocycles. The van der Waals surface area contributed by atoms with E-state index < -0.39 is 0 Å². The number of benzene rings is 1. The van der Waals surface area contributed by atoms with Crippen LogP contribution < -0.4 is 10.6 Å². The maximum atomic E-state index is 12.5. The third-order valence-electron chi connectivity index (χ3n) is 4.75. The summed E-state index contributed by atoms with van der Waals surface area (Å²) in [4.78, 5) is 21.6. The third kappa shape index (κ3) is 4.09. The summed E-state index contributed by atoms with van der Waals surface area (Å²) in [7, 11) is 0. The quantitative estimate of drug-likeness (QED) is 0.702. The second kappa shape index (κ2) is 8.02. The fraction of sp³-hybridized carbons (Fsp3) is 0.350. The van der Waals surface area contributed by atoms with Crippen molar-refractivity contribution in [3.8, 4) is 11.3 Å². The summed E-state index contributed by atoms with van der Waals surface area (Å²) in [5, 5.41) is 9.16. The number of oxazole rings is 1. The Morgan fingerprint density at radius 3 is 2.81 bits per heavy atom. The van der Waals surface area contributed by atoms with Crippen LogP contribution in [0.4, 0.5) is 0 Å². The molecule has 0 aliphatic carbocycles. The lowest BCUT2D eigenvalue weighted by Gasteiger charge is -2.19. The van der Waals surface area contributed by atoms with E-state index in [0.717, 1.165) is 42.2 Å². The normalized spacial score (nSPS) is 16.2. The lowest BCUT2D eigenvalue weighted by atomic mass is 9.98. The smallest absolute Gasteiger partial charge is 0.273 e. The van der Waals surface area contributed by atoms with Crippen LogP contribution in [0.2, 0.25) is 0 Å². The monoisotopic (exact) mass is 382 g/mol. The minimum absolute atomic E-state index is 0.195. The van der Waals surface area contributed by atoms with Gasteiger partial charge in [-0.25, -0.2) is 9.97 Å². The first-order chi connectivity index (χ1) is 13.2. The molecule has 1 aliphatic heterocycles. The van der Waals surface area contributed by atoms with Gasteiger partial charge in [0.1, 0.15) is 11.3 Å². The van der Waals surface area contributed by atoms with Crippen molar-refractivity contribution in [3.63, 3.8) is 0 Å². The predicted octanol–water partition coefficient (Wildman–Crippen LogP) is 3.76. The van der Waals surface area contributed by atoms with Crippen molar-refractivity contribution in [2.45, 2.75) is 31.7 Å². The molecule has 1 amide bonds. The molecule has 1 aliphatic rings. The zero-order valence-corrected chi connectivity index (χ0v) is 16.0. The number of amides is 1. The number of nitrogens with one attached hydrogen (secondary N) is 2. The lowest BCUT2D eigenvalue weighted by Crippen LogP contribution is -2.28. The molecule has 0 bridgehead atoms. The van der Waals surface area contributed by atoms with E-state index >= 15 is 0 Å². The second-order valence-corrected chi connectivity index (χ2v) is 7.62. The van der Waals surface area contributed by atoms with Crippen LogP contribution >= 0.6 is 11.3 Å². The molecular formula is C20H22N4O2S. The molecule has 6 nitrogen and oxygen atoms in total. The molecule has 0 saturated carbocycles. The van der Waals surface area contributed by atoms with Crippen LogP contribution in [0.15, 0.2) is 46.4 Å². The van der Waals surface area contributed by atoms with Gasteiger partial charge >= 0.3 is 0 Å². The SMILES string of the molecule is CC(NC(=O)c1coc(C2CCNCC2)n1)c1nc(-c2ccccc2)cs1. The van der Waals surface area contributed by atoms with Gasteiger partial charge in [0.15, 0.2) is 11.6 Å². The molecule has 1 aromatic carbocycles. The average Bonchev–Trinajstić information content (AvgIpc) is 3.39. The highest BCUT2D eigenvalue weighted by atomic mass is 32.1. The molecule has 27 heavy (non-hydrogen) atoms. The summed E-state index contributed by atoms with van der Waals surface area (Å²) in [5.41, 5.74) is 2.32. The van der Waals surface area contributed by atoms with Gasteiger partial charge in [0.05, 0.1) is 11.7 Å². The van der Waals surface area contributed by atoms with Crippen LogP contribution in [-0.4, -0.2) is 29.0 Å². The van der Waals surface area contributed by atoms with Gasteiger partial charge in [-0.15, -0.1) is 11.3 Å². The fourth-order valence-electron chi connectivity index (χ4n) is 3.21. The number of rotatable bonds is 5. The Bertz CT molecular complexity index is 900. The van der Waals surface area contributed by atoms with Crippen molar-refractivity contribution < 1.29 is 9.21 Å². The molecule has 0 radical (unpaired) electrons. The summed E-state index contributed by atoms with van der Waals surface area (Å²) in [6.45, 7) is 3.85. The van der Waals surface area contributed by atoms with Gasteiger partial charge in [-0.3, -0.25) is 4.79 Å². The maximum Gasteiger partial charge on any atom is 0.273 e. The average molecular weight is 382 g/mol.